The lowest BCUT2D eigenvalue weighted by molar-refractivity contribution is -0.192. The number of aliphatic hydroxyl groups is 1. The number of aliphatic carboxylic acids is 1. The molecule has 0 saturated heterocycles. The Morgan fingerprint density at radius 1 is 1.07 bits per heavy atom. The molecule has 2 aromatic heterocycles. The zero-order valence-corrected chi connectivity index (χ0v) is 15.3. The number of halogens is 3. The van der Waals surface area contributed by atoms with Crippen LogP contribution in [-0.2, 0) is 17.8 Å². The molecule has 0 bridgehead atoms. The number of tetrazole rings is 1. The molecule has 158 valence electrons. The third-order valence-electron chi connectivity index (χ3n) is 3.67. The van der Waals surface area contributed by atoms with Crippen LogP contribution in [0.1, 0.15) is 27.4 Å². The van der Waals surface area contributed by atoms with E-state index in [0.29, 0.717) is 18.5 Å². The Hall–Kier alpha value is -3.67. The van der Waals surface area contributed by atoms with Crippen molar-refractivity contribution in [2.24, 2.45) is 0 Å². The second-order valence-electron chi connectivity index (χ2n) is 5.83. The number of aromatic nitrogens is 5. The molecule has 0 unspecified atom stereocenters. The number of ketones is 1. The van der Waals surface area contributed by atoms with Gasteiger partial charge in [-0.05, 0) is 28.1 Å². The molecule has 0 aliphatic rings. The molecular formula is C18H16F3N5O4. The highest BCUT2D eigenvalue weighted by Crippen LogP contribution is 2.13. The van der Waals surface area contributed by atoms with Crippen molar-refractivity contribution in [2.45, 2.75) is 19.1 Å². The van der Waals surface area contributed by atoms with Gasteiger partial charge in [0.25, 0.3) is 0 Å². The van der Waals surface area contributed by atoms with E-state index < -0.39 is 18.8 Å². The van der Waals surface area contributed by atoms with Crippen LogP contribution in [0, 0.1) is 0 Å². The lowest BCUT2D eigenvalue weighted by atomic mass is 10.1. The zero-order chi connectivity index (χ0) is 22.1. The van der Waals surface area contributed by atoms with Gasteiger partial charge in [0, 0.05) is 17.5 Å². The topological polar surface area (TPSA) is 131 Å². The van der Waals surface area contributed by atoms with Crippen LogP contribution >= 0.6 is 0 Å². The van der Waals surface area contributed by atoms with Gasteiger partial charge in [-0.3, -0.25) is 9.78 Å². The van der Waals surface area contributed by atoms with Gasteiger partial charge in [0.2, 0.25) is 0 Å². The van der Waals surface area contributed by atoms with Crippen molar-refractivity contribution in [3.63, 3.8) is 0 Å². The number of carbonyl (C=O) groups is 2. The lowest BCUT2D eigenvalue weighted by Crippen LogP contribution is -2.21. The summed E-state index contributed by atoms with van der Waals surface area (Å²) in [5, 5.41) is 27.7. The van der Waals surface area contributed by atoms with Gasteiger partial charge in [-0.15, -0.1) is 5.10 Å². The molecule has 0 aliphatic heterocycles. The summed E-state index contributed by atoms with van der Waals surface area (Å²) in [4.78, 5) is 24.6. The van der Waals surface area contributed by atoms with Crippen LogP contribution in [-0.4, -0.2) is 59.9 Å². The molecule has 3 aromatic rings. The van der Waals surface area contributed by atoms with Crippen molar-refractivity contribution in [3.05, 3.63) is 71.3 Å². The number of benzene rings is 1. The highest BCUT2D eigenvalue weighted by molar-refractivity contribution is 5.96. The maximum Gasteiger partial charge on any atom is 0.490 e. The number of rotatable bonds is 6. The predicted molar refractivity (Wildman–Crippen MR) is 95.5 cm³/mol. The first-order chi connectivity index (χ1) is 14.2. The van der Waals surface area contributed by atoms with Gasteiger partial charge in [0.15, 0.2) is 11.6 Å². The molecule has 0 saturated carbocycles. The third-order valence-corrected chi connectivity index (χ3v) is 3.67. The first kappa shape index (κ1) is 22.6. The summed E-state index contributed by atoms with van der Waals surface area (Å²) in [6, 6.07) is 12.8. The number of hydrogen-bond acceptors (Lipinski definition) is 7. The maximum atomic E-state index is 11.4. The summed E-state index contributed by atoms with van der Waals surface area (Å²) in [7, 11) is 0. The molecule has 2 heterocycles. The van der Waals surface area contributed by atoms with Crippen LogP contribution in [0.25, 0.3) is 0 Å². The summed E-state index contributed by atoms with van der Waals surface area (Å²) in [6.45, 7) is 0.0172. The number of carbonyl (C=O) groups excluding carboxylic acids is 1. The van der Waals surface area contributed by atoms with Crippen LogP contribution in [0.3, 0.4) is 0 Å². The largest absolute Gasteiger partial charge is 0.490 e. The fourth-order valence-electron chi connectivity index (χ4n) is 2.20. The summed E-state index contributed by atoms with van der Waals surface area (Å²) in [5.41, 5.74) is 2.35. The second kappa shape index (κ2) is 10.2. The average molecular weight is 423 g/mol. The van der Waals surface area contributed by atoms with E-state index in [9.17, 15) is 18.0 Å². The first-order valence-electron chi connectivity index (χ1n) is 8.38. The fraction of sp³-hybridized carbons (Fsp3) is 0.222. The van der Waals surface area contributed by atoms with Crippen LogP contribution in [0.2, 0.25) is 0 Å². The molecule has 30 heavy (non-hydrogen) atoms. The lowest BCUT2D eigenvalue weighted by Gasteiger charge is -2.05. The number of alkyl halides is 3. The van der Waals surface area contributed by atoms with E-state index >= 15 is 0 Å². The number of carboxylic acids is 1. The summed E-state index contributed by atoms with van der Waals surface area (Å²) in [6.07, 6.45) is -2.80. The minimum atomic E-state index is -5.08. The van der Waals surface area contributed by atoms with Crippen LogP contribution in [0.15, 0.2) is 48.7 Å². The van der Waals surface area contributed by atoms with E-state index in [0.717, 1.165) is 17.1 Å². The molecular weight excluding hydrogens is 407 g/mol. The van der Waals surface area contributed by atoms with Crippen LogP contribution < -0.4 is 0 Å². The summed E-state index contributed by atoms with van der Waals surface area (Å²) >= 11 is 0. The van der Waals surface area contributed by atoms with Crippen molar-refractivity contribution in [1.82, 2.24) is 25.2 Å². The van der Waals surface area contributed by atoms with E-state index in [2.05, 4.69) is 20.5 Å². The minimum absolute atomic E-state index is 0.296. The Morgan fingerprint density at radius 3 is 2.27 bits per heavy atom. The van der Waals surface area contributed by atoms with E-state index in [1.165, 1.54) is 0 Å². The molecule has 0 atom stereocenters. The molecule has 0 radical (unpaired) electrons. The molecule has 0 aliphatic carbocycles. The van der Waals surface area contributed by atoms with E-state index in [1.807, 2.05) is 30.3 Å². The Kier molecular flexibility index (Phi) is 7.69. The van der Waals surface area contributed by atoms with Gasteiger partial charge in [-0.2, -0.15) is 13.2 Å². The molecule has 1 aromatic carbocycles. The quantitative estimate of drug-likeness (QED) is 0.571. The normalized spacial score (nSPS) is 10.8. The summed E-state index contributed by atoms with van der Waals surface area (Å²) < 4.78 is 33.4. The second-order valence-corrected chi connectivity index (χ2v) is 5.83. The molecule has 2 N–H and O–H groups in total. The van der Waals surface area contributed by atoms with Gasteiger partial charge in [-0.25, -0.2) is 9.48 Å². The van der Waals surface area contributed by atoms with Gasteiger partial charge < -0.3 is 10.2 Å². The van der Waals surface area contributed by atoms with Gasteiger partial charge >= 0.3 is 12.1 Å². The highest BCUT2D eigenvalue weighted by atomic mass is 19.4. The number of nitrogens with zero attached hydrogens (tertiary/aromatic N) is 5. The standard InChI is InChI=1S/C16H15N5O2.C2HF3O2/c22-11-15(23)13-6-4-12(5-7-13)10-21-16(18-19-20-21)9-14-3-1-2-8-17-14;3-2(4,5)1(6)7/h1-8,22H,9-11H2;(H,6,7). The van der Waals surface area contributed by atoms with E-state index in [4.69, 9.17) is 15.0 Å². The molecule has 3 rings (SSSR count). The highest BCUT2D eigenvalue weighted by Gasteiger charge is 2.38. The molecule has 0 fully saturated rings. The number of pyridine rings is 1. The van der Waals surface area contributed by atoms with Crippen molar-refractivity contribution in [2.75, 3.05) is 6.61 Å². The molecule has 0 spiro atoms. The van der Waals surface area contributed by atoms with Gasteiger partial charge in [-0.1, -0.05) is 30.3 Å². The van der Waals surface area contributed by atoms with Crippen LogP contribution in [0.5, 0.6) is 0 Å². The molecule has 0 amide bonds. The monoisotopic (exact) mass is 423 g/mol. The number of Topliss-reactive ketones (excluding diaryl/α,β-unsaturated/α-hetero) is 1. The Bertz CT molecular complexity index is 975. The van der Waals surface area contributed by atoms with Crippen LogP contribution in [0.4, 0.5) is 13.2 Å². The minimum Gasteiger partial charge on any atom is -0.475 e. The van der Waals surface area contributed by atoms with E-state index in [1.54, 1.807) is 23.0 Å². The van der Waals surface area contributed by atoms with Crippen molar-refractivity contribution >= 4 is 11.8 Å². The first-order valence-corrected chi connectivity index (χ1v) is 8.38. The summed E-state index contributed by atoms with van der Waals surface area (Å²) in [5.74, 6) is -2.33. The van der Waals surface area contributed by atoms with Crippen molar-refractivity contribution < 1.29 is 33.0 Å². The molecule has 9 nitrogen and oxygen atoms in total. The molecule has 12 heteroatoms. The van der Waals surface area contributed by atoms with E-state index in [-0.39, 0.29) is 5.78 Å². The number of hydrogen-bond donors (Lipinski definition) is 2. The number of aliphatic hydroxyl groups excluding tert-OH is 1. The zero-order valence-electron chi connectivity index (χ0n) is 15.3. The van der Waals surface area contributed by atoms with Gasteiger partial charge in [0.05, 0.1) is 13.0 Å². The SMILES string of the molecule is O=C(CO)c1ccc(Cn2nnnc2Cc2ccccn2)cc1.O=C(O)C(F)(F)F. The maximum absolute atomic E-state index is 11.4. The van der Waals surface area contributed by atoms with Crippen molar-refractivity contribution in [3.8, 4) is 0 Å². The Morgan fingerprint density at radius 2 is 1.73 bits per heavy atom. The Labute approximate surface area is 167 Å². The number of carboxylic acid groups (broad SMARTS) is 1. The fourth-order valence-corrected chi connectivity index (χ4v) is 2.20. The van der Waals surface area contributed by atoms with Gasteiger partial charge in [0.1, 0.15) is 6.61 Å². The average Bonchev–Trinajstić information content (AvgIpc) is 3.15. The van der Waals surface area contributed by atoms with Crippen molar-refractivity contribution in [1.29, 1.82) is 0 Å². The Balaban J connectivity index is 0.000000396. The predicted octanol–water partition coefficient (Wildman–Crippen LogP) is 1.52. The smallest absolute Gasteiger partial charge is 0.475 e. The third kappa shape index (κ3) is 6.74.